The first kappa shape index (κ1) is 18.7. The van der Waals surface area contributed by atoms with E-state index in [1.807, 2.05) is 18.2 Å². The number of fused-ring (bicyclic) bond motifs is 3. The van der Waals surface area contributed by atoms with Gasteiger partial charge in [0.15, 0.2) is 5.69 Å². The van der Waals surface area contributed by atoms with E-state index < -0.39 is 0 Å². The molecule has 0 amide bonds. The van der Waals surface area contributed by atoms with Crippen LogP contribution >= 0.6 is 0 Å². The highest BCUT2D eigenvalue weighted by Gasteiger charge is 2.12. The van der Waals surface area contributed by atoms with Crippen LogP contribution in [-0.4, -0.2) is 4.57 Å². The summed E-state index contributed by atoms with van der Waals surface area (Å²) < 4.78 is 2.31. The van der Waals surface area contributed by atoms with E-state index >= 15 is 0 Å². The molecule has 0 aliphatic rings. The summed E-state index contributed by atoms with van der Waals surface area (Å²) in [4.78, 5) is 3.50. The van der Waals surface area contributed by atoms with Crippen molar-refractivity contribution < 1.29 is 0 Å². The van der Waals surface area contributed by atoms with Gasteiger partial charge >= 0.3 is 0 Å². The Bertz CT molecular complexity index is 1460. The van der Waals surface area contributed by atoms with Crippen molar-refractivity contribution in [3.63, 3.8) is 0 Å². The molecule has 31 heavy (non-hydrogen) atoms. The minimum atomic E-state index is 0.524. The van der Waals surface area contributed by atoms with Crippen molar-refractivity contribution >= 4 is 27.5 Å². The number of aromatic nitrogens is 1. The van der Waals surface area contributed by atoms with Crippen LogP contribution in [0, 0.1) is 17.9 Å². The van der Waals surface area contributed by atoms with E-state index in [9.17, 15) is 5.26 Å². The molecular weight excluding hydrogens is 378 g/mol. The summed E-state index contributed by atoms with van der Waals surface area (Å²) in [6, 6.07) is 33.2. The Hall–Kier alpha value is -4.34. The predicted molar refractivity (Wildman–Crippen MR) is 126 cm³/mol. The predicted octanol–water partition coefficient (Wildman–Crippen LogP) is 6.99. The smallest absolute Gasteiger partial charge is 0.188 e. The first-order valence-electron chi connectivity index (χ1n) is 10.3. The van der Waals surface area contributed by atoms with Crippen LogP contribution in [0.5, 0.6) is 0 Å². The van der Waals surface area contributed by atoms with Crippen molar-refractivity contribution in [1.82, 2.24) is 4.57 Å². The lowest BCUT2D eigenvalue weighted by Gasteiger charge is -2.08. The van der Waals surface area contributed by atoms with Crippen LogP contribution in [0.2, 0.25) is 0 Å². The van der Waals surface area contributed by atoms with Crippen LogP contribution < -0.4 is 0 Å². The van der Waals surface area contributed by atoms with Gasteiger partial charge in [-0.05, 0) is 60.9 Å². The third-order valence-corrected chi connectivity index (χ3v) is 5.69. The van der Waals surface area contributed by atoms with Gasteiger partial charge in [0.2, 0.25) is 0 Å². The Morgan fingerprint density at radius 1 is 0.742 bits per heavy atom. The molecule has 1 aromatic heterocycles. The molecule has 0 N–H and O–H groups in total. The van der Waals surface area contributed by atoms with Gasteiger partial charge in [-0.1, -0.05) is 54.1 Å². The van der Waals surface area contributed by atoms with Crippen LogP contribution in [0.25, 0.3) is 32.3 Å². The maximum atomic E-state index is 9.23. The average molecular weight is 397 g/mol. The highest BCUT2D eigenvalue weighted by Crippen LogP contribution is 2.32. The highest BCUT2D eigenvalue weighted by atomic mass is 15.0. The van der Waals surface area contributed by atoms with Gasteiger partial charge in [0, 0.05) is 22.0 Å². The summed E-state index contributed by atoms with van der Waals surface area (Å²) in [5, 5.41) is 11.7. The van der Waals surface area contributed by atoms with Gasteiger partial charge in [-0.15, -0.1) is 0 Å². The molecule has 4 aromatic carbocycles. The summed E-state index contributed by atoms with van der Waals surface area (Å²) in [6.45, 7) is 7.26. The quantitative estimate of drug-likeness (QED) is 0.301. The van der Waals surface area contributed by atoms with E-state index in [1.54, 1.807) is 6.07 Å². The zero-order valence-electron chi connectivity index (χ0n) is 16.9. The number of rotatable bonds is 4. The lowest BCUT2D eigenvalue weighted by atomic mass is 10.0. The fraction of sp³-hybridized carbons (Fsp3) is 0.0714. The lowest BCUT2D eigenvalue weighted by Crippen LogP contribution is -1.94. The first-order valence-corrected chi connectivity index (χ1v) is 10.3. The first-order chi connectivity index (χ1) is 15.3. The second-order valence-electron chi connectivity index (χ2n) is 7.65. The van der Waals surface area contributed by atoms with E-state index in [2.05, 4.69) is 82.2 Å². The highest BCUT2D eigenvalue weighted by molar-refractivity contribution is 6.09. The van der Waals surface area contributed by atoms with Gasteiger partial charge < -0.3 is 4.57 Å². The second-order valence-corrected chi connectivity index (χ2v) is 7.65. The zero-order valence-corrected chi connectivity index (χ0v) is 16.9. The van der Waals surface area contributed by atoms with Crippen LogP contribution in [-0.2, 0) is 12.8 Å². The maximum Gasteiger partial charge on any atom is 0.188 e. The topological polar surface area (TPSA) is 33.1 Å². The van der Waals surface area contributed by atoms with Gasteiger partial charge in [-0.2, -0.15) is 5.26 Å². The Balaban J connectivity index is 1.55. The van der Waals surface area contributed by atoms with Crippen molar-refractivity contribution in [3.05, 3.63) is 119 Å². The summed E-state index contributed by atoms with van der Waals surface area (Å²) >= 11 is 0. The number of hydrogen-bond acceptors (Lipinski definition) is 1. The standard InChI is InChI=1S/C28H19N3/c1-30-23-16-21(15-22(17-23)19-29)12-11-20-13-14-28-26(18-20)25-9-5-6-10-27(25)31(28)24-7-3-2-4-8-24/h2-10,13-18H,11-12H2. The molecule has 1 heterocycles. The third-order valence-electron chi connectivity index (χ3n) is 5.69. The average Bonchev–Trinajstić information content (AvgIpc) is 3.16. The summed E-state index contributed by atoms with van der Waals surface area (Å²) in [5.74, 6) is 0. The van der Waals surface area contributed by atoms with Gasteiger partial charge in [0.25, 0.3) is 0 Å². The van der Waals surface area contributed by atoms with Crippen molar-refractivity contribution in [2.75, 3.05) is 0 Å². The Morgan fingerprint density at radius 2 is 1.48 bits per heavy atom. The number of benzene rings is 4. The van der Waals surface area contributed by atoms with Crippen LogP contribution in [0.15, 0.2) is 91.0 Å². The summed E-state index contributed by atoms with van der Waals surface area (Å²) in [7, 11) is 0. The van der Waals surface area contributed by atoms with Gasteiger partial charge in [-0.3, -0.25) is 0 Å². The molecule has 0 aliphatic carbocycles. The van der Waals surface area contributed by atoms with Crippen LogP contribution in [0.3, 0.4) is 0 Å². The van der Waals surface area contributed by atoms with Crippen LogP contribution in [0.1, 0.15) is 16.7 Å². The minimum Gasteiger partial charge on any atom is -0.309 e. The number of nitriles is 1. The molecule has 5 aromatic rings. The normalized spacial score (nSPS) is 10.8. The number of nitrogens with zero attached hydrogens (tertiary/aromatic N) is 3. The molecule has 0 radical (unpaired) electrons. The minimum absolute atomic E-state index is 0.524. The third kappa shape index (κ3) is 3.44. The number of aryl methyl sites for hydroxylation is 2. The Kier molecular flexibility index (Phi) is 4.71. The van der Waals surface area contributed by atoms with E-state index in [0.717, 1.165) is 24.1 Å². The molecule has 0 spiro atoms. The van der Waals surface area contributed by atoms with Gasteiger partial charge in [0.1, 0.15) is 0 Å². The molecule has 0 atom stereocenters. The summed E-state index contributed by atoms with van der Waals surface area (Å²) in [5.41, 5.74) is 6.89. The molecule has 5 rings (SSSR count). The maximum absolute atomic E-state index is 9.23. The van der Waals surface area contributed by atoms with E-state index in [0.29, 0.717) is 11.3 Å². The number of hydrogen-bond donors (Lipinski definition) is 0. The molecule has 0 bridgehead atoms. The summed E-state index contributed by atoms with van der Waals surface area (Å²) in [6.07, 6.45) is 1.65. The monoisotopic (exact) mass is 397 g/mol. The van der Waals surface area contributed by atoms with E-state index in [4.69, 9.17) is 6.57 Å². The molecule has 0 saturated heterocycles. The van der Waals surface area contributed by atoms with Gasteiger partial charge in [0.05, 0.1) is 23.7 Å². The molecule has 3 heteroatoms. The van der Waals surface area contributed by atoms with E-state index in [-0.39, 0.29) is 0 Å². The SMILES string of the molecule is [C-]#[N+]c1cc(C#N)cc(CCc2ccc3c(c2)c2ccccc2n3-c2ccccc2)c1. The Labute approximate surface area is 181 Å². The van der Waals surface area contributed by atoms with Crippen LogP contribution in [0.4, 0.5) is 5.69 Å². The van der Waals surface area contributed by atoms with Crippen molar-refractivity contribution in [3.8, 4) is 11.8 Å². The largest absolute Gasteiger partial charge is 0.309 e. The Morgan fingerprint density at radius 3 is 2.29 bits per heavy atom. The fourth-order valence-corrected chi connectivity index (χ4v) is 4.27. The van der Waals surface area contributed by atoms with E-state index in [1.165, 1.54) is 27.4 Å². The second kappa shape index (κ2) is 7.82. The molecular formula is C28H19N3. The fourth-order valence-electron chi connectivity index (χ4n) is 4.27. The molecule has 0 unspecified atom stereocenters. The molecule has 146 valence electrons. The molecule has 0 saturated carbocycles. The van der Waals surface area contributed by atoms with Crippen molar-refractivity contribution in [2.24, 2.45) is 0 Å². The number of para-hydroxylation sites is 2. The molecule has 3 nitrogen and oxygen atoms in total. The van der Waals surface area contributed by atoms with Gasteiger partial charge in [-0.25, -0.2) is 4.85 Å². The van der Waals surface area contributed by atoms with Crippen molar-refractivity contribution in [1.29, 1.82) is 5.26 Å². The molecule has 0 aliphatic heterocycles. The molecule has 0 fully saturated rings. The zero-order chi connectivity index (χ0) is 21.2. The van der Waals surface area contributed by atoms with Crippen molar-refractivity contribution in [2.45, 2.75) is 12.8 Å². The lowest BCUT2D eigenvalue weighted by molar-refractivity contribution is 0.962.